The lowest BCUT2D eigenvalue weighted by molar-refractivity contribution is 0.945. The van der Waals surface area contributed by atoms with Gasteiger partial charge in [0.1, 0.15) is 0 Å². The second-order valence-electron chi connectivity index (χ2n) is 13.8. The van der Waals surface area contributed by atoms with E-state index in [9.17, 15) is 0 Å². The third-order valence-corrected chi connectivity index (χ3v) is 10.7. The highest BCUT2D eigenvalue weighted by molar-refractivity contribution is 6.08. The largest absolute Gasteiger partial charge is 0.310 e. The van der Waals surface area contributed by atoms with Crippen molar-refractivity contribution in [3.8, 4) is 33.6 Å². The van der Waals surface area contributed by atoms with E-state index in [0.717, 1.165) is 31.4 Å². The lowest BCUT2D eigenvalue weighted by atomic mass is 9.98. The quantitative estimate of drug-likeness (QED) is 0.158. The number of allylic oxidation sites excluding steroid dienone is 2. The molecule has 3 nitrogen and oxygen atoms in total. The van der Waals surface area contributed by atoms with Crippen molar-refractivity contribution in [3.63, 3.8) is 0 Å². The number of rotatable bonds is 8. The number of hydrogen-bond acceptors (Lipinski definition) is 1. The monoisotopic (exact) mass is 671 g/mol. The van der Waals surface area contributed by atoms with Gasteiger partial charge in [0.15, 0.2) is 0 Å². The maximum absolute atomic E-state index is 4.39. The number of hydrogen-bond donors (Lipinski definition) is 0. The van der Waals surface area contributed by atoms with E-state index in [1.807, 2.05) is 12.4 Å². The molecule has 0 aliphatic heterocycles. The van der Waals surface area contributed by atoms with Gasteiger partial charge in [-0.2, -0.15) is 0 Å². The summed E-state index contributed by atoms with van der Waals surface area (Å²) in [4.78, 5) is 4.39. The molecule has 0 bridgehead atoms. The summed E-state index contributed by atoms with van der Waals surface area (Å²) in [6.07, 6.45) is 17.1. The summed E-state index contributed by atoms with van der Waals surface area (Å²) >= 11 is 0. The fraction of sp³-hybridized carbons (Fsp3) is 0.122. The second kappa shape index (κ2) is 13.5. The fourth-order valence-corrected chi connectivity index (χ4v) is 8.16. The number of aromatic nitrogens is 3. The van der Waals surface area contributed by atoms with Crippen molar-refractivity contribution in [2.75, 3.05) is 0 Å². The smallest absolute Gasteiger partial charge is 0.0571 e. The van der Waals surface area contributed by atoms with E-state index >= 15 is 0 Å². The zero-order valence-electron chi connectivity index (χ0n) is 29.8. The molecule has 0 N–H and O–H groups in total. The highest BCUT2D eigenvalue weighted by Crippen LogP contribution is 2.35. The summed E-state index contributed by atoms with van der Waals surface area (Å²) in [6, 6.07) is 46.7. The Labute approximate surface area is 305 Å². The Kier molecular flexibility index (Phi) is 8.25. The van der Waals surface area contributed by atoms with Crippen molar-refractivity contribution in [2.45, 2.75) is 39.5 Å². The topological polar surface area (TPSA) is 22.8 Å². The van der Waals surface area contributed by atoms with E-state index in [1.54, 1.807) is 0 Å². The zero-order chi connectivity index (χ0) is 35.0. The number of para-hydroxylation sites is 1. The molecule has 0 saturated carbocycles. The third-order valence-electron chi connectivity index (χ3n) is 10.7. The summed E-state index contributed by atoms with van der Waals surface area (Å²) in [5.41, 5.74) is 17.9. The minimum Gasteiger partial charge on any atom is -0.310 e. The minimum absolute atomic E-state index is 0.904. The predicted molar refractivity (Wildman–Crippen MR) is 219 cm³/mol. The van der Waals surface area contributed by atoms with Crippen LogP contribution in [0.2, 0.25) is 0 Å². The number of benzene rings is 5. The number of fused-ring (bicyclic) bond motifs is 4. The Morgan fingerprint density at radius 3 is 1.83 bits per heavy atom. The van der Waals surface area contributed by atoms with E-state index in [4.69, 9.17) is 0 Å². The van der Waals surface area contributed by atoms with Gasteiger partial charge in [-0.15, -0.1) is 0 Å². The average Bonchev–Trinajstić information content (AvgIpc) is 3.71. The Bertz CT molecular complexity index is 2540. The molecule has 0 radical (unpaired) electrons. The summed E-state index contributed by atoms with van der Waals surface area (Å²) in [7, 11) is 0. The molecule has 1 aliphatic rings. The van der Waals surface area contributed by atoms with Gasteiger partial charge in [-0.05, 0) is 126 Å². The third kappa shape index (κ3) is 5.59. The second-order valence-corrected chi connectivity index (χ2v) is 13.8. The van der Waals surface area contributed by atoms with Gasteiger partial charge in [0.25, 0.3) is 0 Å². The van der Waals surface area contributed by atoms with Crippen LogP contribution in [0.5, 0.6) is 0 Å². The Morgan fingerprint density at radius 1 is 0.635 bits per heavy atom. The molecular weight excluding hydrogens is 631 g/mol. The average molecular weight is 672 g/mol. The van der Waals surface area contributed by atoms with Gasteiger partial charge < -0.3 is 9.13 Å². The lowest BCUT2D eigenvalue weighted by Gasteiger charge is -2.14. The molecule has 3 heteroatoms. The molecule has 52 heavy (non-hydrogen) atoms. The van der Waals surface area contributed by atoms with Gasteiger partial charge >= 0.3 is 0 Å². The molecule has 3 aromatic heterocycles. The first-order chi connectivity index (χ1) is 25.7. The molecular formula is C49H41N3. The van der Waals surface area contributed by atoms with Crippen molar-refractivity contribution >= 4 is 34.0 Å². The first kappa shape index (κ1) is 31.8. The molecule has 0 fully saturated rings. The van der Waals surface area contributed by atoms with Crippen LogP contribution in [-0.2, 0) is 19.3 Å². The van der Waals surface area contributed by atoms with Gasteiger partial charge in [-0.25, -0.2) is 0 Å². The molecule has 0 atom stereocenters. The highest BCUT2D eigenvalue weighted by atomic mass is 15.0. The Balaban J connectivity index is 0.902. The maximum Gasteiger partial charge on any atom is 0.0571 e. The van der Waals surface area contributed by atoms with Crippen molar-refractivity contribution in [3.05, 3.63) is 186 Å². The van der Waals surface area contributed by atoms with Gasteiger partial charge in [0.2, 0.25) is 0 Å². The Hall–Kier alpha value is -6.19. The van der Waals surface area contributed by atoms with Crippen LogP contribution in [0, 0.1) is 0 Å². The first-order valence-electron chi connectivity index (χ1n) is 18.5. The fourth-order valence-electron chi connectivity index (χ4n) is 8.16. The van der Waals surface area contributed by atoms with Gasteiger partial charge in [-0.1, -0.05) is 110 Å². The number of nitrogens with zero attached hydrogens (tertiary/aromatic N) is 3. The van der Waals surface area contributed by atoms with Crippen LogP contribution in [0.4, 0.5) is 0 Å². The summed E-state index contributed by atoms with van der Waals surface area (Å²) in [6.45, 7) is 4.39. The van der Waals surface area contributed by atoms with Crippen molar-refractivity contribution in [1.29, 1.82) is 0 Å². The predicted octanol–water partition coefficient (Wildman–Crippen LogP) is 12.4. The molecule has 0 amide bonds. The molecule has 8 aromatic rings. The van der Waals surface area contributed by atoms with E-state index < -0.39 is 0 Å². The molecule has 5 aromatic carbocycles. The maximum atomic E-state index is 4.39. The SMILES string of the molecule is C/C=C\c1c(CC)c2c(n1-c1ccc(-c3ccc(Cc4ccc(-c5ccc(-n6c7ccccc7c7cnccc76)cc5)cc4)cc3)cc1)C=CCC2. The molecule has 1 aliphatic carbocycles. The summed E-state index contributed by atoms with van der Waals surface area (Å²) < 4.78 is 4.78. The normalized spacial score (nSPS) is 12.7. The molecule has 0 unspecified atom stereocenters. The van der Waals surface area contributed by atoms with E-state index in [2.05, 4.69) is 180 Å². The van der Waals surface area contributed by atoms with E-state index in [0.29, 0.717) is 0 Å². The van der Waals surface area contributed by atoms with Gasteiger partial charge in [-0.3, -0.25) is 4.98 Å². The van der Waals surface area contributed by atoms with Crippen molar-refractivity contribution < 1.29 is 0 Å². The highest BCUT2D eigenvalue weighted by Gasteiger charge is 2.21. The van der Waals surface area contributed by atoms with Crippen LogP contribution in [0.1, 0.15) is 53.9 Å². The van der Waals surface area contributed by atoms with Crippen LogP contribution in [-0.4, -0.2) is 14.1 Å². The lowest BCUT2D eigenvalue weighted by Crippen LogP contribution is -2.01. The summed E-state index contributed by atoms with van der Waals surface area (Å²) in [5.74, 6) is 0. The van der Waals surface area contributed by atoms with E-state index in [-0.39, 0.29) is 0 Å². The van der Waals surface area contributed by atoms with E-state index in [1.165, 1.54) is 83.4 Å². The number of pyridine rings is 1. The molecule has 3 heterocycles. The summed E-state index contributed by atoms with van der Waals surface area (Å²) in [5, 5.41) is 2.40. The minimum atomic E-state index is 0.904. The first-order valence-corrected chi connectivity index (χ1v) is 18.5. The van der Waals surface area contributed by atoms with Crippen molar-refractivity contribution in [2.24, 2.45) is 0 Å². The van der Waals surface area contributed by atoms with Crippen LogP contribution in [0.25, 0.3) is 67.6 Å². The molecule has 0 spiro atoms. The van der Waals surface area contributed by atoms with Crippen LogP contribution in [0.15, 0.2) is 152 Å². The van der Waals surface area contributed by atoms with Crippen LogP contribution < -0.4 is 0 Å². The molecule has 0 saturated heterocycles. The van der Waals surface area contributed by atoms with Gasteiger partial charge in [0, 0.05) is 45.9 Å². The van der Waals surface area contributed by atoms with Crippen molar-refractivity contribution in [1.82, 2.24) is 14.1 Å². The standard InChI is InChI=1S/C49H41N3/c1-3-9-46-42(4-2)43-10-5-7-12-47(43)51(46)40-26-22-38(23-27-40)36-18-14-34(15-19-36)32-35-16-20-37(21-17-35)39-24-28-41(29-25-39)52-48-13-8-6-11-44(48)45-33-50-31-30-49(45)52/h3,6-9,11-31,33H,4-5,10,32H2,1-2H3/b9-3-. The Morgan fingerprint density at radius 2 is 1.21 bits per heavy atom. The van der Waals surface area contributed by atoms with Crippen LogP contribution in [0.3, 0.4) is 0 Å². The molecule has 252 valence electrons. The van der Waals surface area contributed by atoms with Gasteiger partial charge in [0.05, 0.1) is 11.0 Å². The van der Waals surface area contributed by atoms with Crippen LogP contribution >= 0.6 is 0 Å². The molecule has 9 rings (SSSR count). The zero-order valence-corrected chi connectivity index (χ0v) is 29.8.